The van der Waals surface area contributed by atoms with Crippen LogP contribution >= 0.6 is 0 Å². The first kappa shape index (κ1) is 18.0. The van der Waals surface area contributed by atoms with Gasteiger partial charge in [-0.15, -0.1) is 0 Å². The topological polar surface area (TPSA) is 150 Å². The summed E-state index contributed by atoms with van der Waals surface area (Å²) in [7, 11) is 0. The van der Waals surface area contributed by atoms with Crippen molar-refractivity contribution in [3.05, 3.63) is 39.7 Å². The van der Waals surface area contributed by atoms with Crippen molar-refractivity contribution in [2.45, 2.75) is 13.8 Å². The van der Waals surface area contributed by atoms with Crippen LogP contribution in [0.5, 0.6) is 11.5 Å². The third-order valence-electron chi connectivity index (χ3n) is 3.90. The van der Waals surface area contributed by atoms with Crippen LogP contribution in [0, 0.1) is 6.92 Å². The van der Waals surface area contributed by atoms with Gasteiger partial charge in [0.15, 0.2) is 5.75 Å². The lowest BCUT2D eigenvalue weighted by Gasteiger charge is -2.08. The van der Waals surface area contributed by atoms with Crippen molar-refractivity contribution in [3.8, 4) is 11.5 Å². The Morgan fingerprint density at radius 1 is 1.22 bits per heavy atom. The number of amides is 1. The average molecular weight is 373 g/mol. The van der Waals surface area contributed by atoms with Crippen LogP contribution in [0.4, 0.5) is 0 Å². The summed E-state index contributed by atoms with van der Waals surface area (Å²) in [5.41, 5.74) is -0.269. The van der Waals surface area contributed by atoms with E-state index in [4.69, 9.17) is 9.84 Å². The van der Waals surface area contributed by atoms with Gasteiger partial charge in [0, 0.05) is 18.4 Å². The van der Waals surface area contributed by atoms with Gasteiger partial charge < -0.3 is 20.3 Å². The molecule has 0 spiro atoms. The third-order valence-corrected chi connectivity index (χ3v) is 3.90. The summed E-state index contributed by atoms with van der Waals surface area (Å²) in [6.45, 7) is 2.29. The fourth-order valence-corrected chi connectivity index (χ4v) is 2.76. The van der Waals surface area contributed by atoms with Gasteiger partial charge in [-0.3, -0.25) is 24.3 Å². The SMILES string of the molecule is CC(=O)Oc1cc2c(cc1C)cc1c(O)c(C(=O)NCC(=O)O)c(=O)[nH]n12. The van der Waals surface area contributed by atoms with Gasteiger partial charge in [-0.25, -0.2) is 4.52 Å². The number of hydrogen-bond acceptors (Lipinski definition) is 6. The molecular formula is C17H15N3O7. The molecule has 10 nitrogen and oxygen atoms in total. The van der Waals surface area contributed by atoms with Crippen molar-refractivity contribution in [2.75, 3.05) is 6.54 Å². The van der Waals surface area contributed by atoms with Crippen molar-refractivity contribution < 1.29 is 29.3 Å². The largest absolute Gasteiger partial charge is 0.505 e. The number of carboxylic acids is 1. The molecule has 0 aliphatic carbocycles. The van der Waals surface area contributed by atoms with Gasteiger partial charge >= 0.3 is 11.9 Å². The number of H-pyrrole nitrogens is 1. The van der Waals surface area contributed by atoms with Crippen molar-refractivity contribution in [1.29, 1.82) is 0 Å². The van der Waals surface area contributed by atoms with Crippen LogP contribution in [0.3, 0.4) is 0 Å². The number of aromatic amines is 1. The molecule has 0 aliphatic heterocycles. The highest BCUT2D eigenvalue weighted by Gasteiger charge is 2.21. The summed E-state index contributed by atoms with van der Waals surface area (Å²) in [4.78, 5) is 46.1. The molecule has 0 atom stereocenters. The van der Waals surface area contributed by atoms with Crippen molar-refractivity contribution in [2.24, 2.45) is 0 Å². The lowest BCUT2D eigenvalue weighted by molar-refractivity contribution is -0.136. The van der Waals surface area contributed by atoms with E-state index in [1.165, 1.54) is 17.5 Å². The number of aliphatic carboxylic acids is 1. The maximum Gasteiger partial charge on any atom is 0.322 e. The first-order valence-electron chi connectivity index (χ1n) is 7.78. The highest BCUT2D eigenvalue weighted by atomic mass is 16.5. The molecule has 10 heteroatoms. The molecule has 4 N–H and O–H groups in total. The lowest BCUT2D eigenvalue weighted by Crippen LogP contribution is -2.34. The van der Waals surface area contributed by atoms with Gasteiger partial charge in [-0.05, 0) is 24.6 Å². The molecule has 0 unspecified atom stereocenters. The molecule has 0 bridgehead atoms. The Balaban J connectivity index is 2.20. The second-order valence-electron chi connectivity index (χ2n) is 5.88. The number of carboxylic acid groups (broad SMARTS) is 1. The molecule has 2 heterocycles. The Labute approximate surface area is 151 Å². The number of fused-ring (bicyclic) bond motifs is 3. The second-order valence-corrected chi connectivity index (χ2v) is 5.88. The zero-order valence-corrected chi connectivity index (χ0v) is 14.3. The van der Waals surface area contributed by atoms with E-state index in [2.05, 4.69) is 5.10 Å². The Kier molecular flexibility index (Phi) is 4.32. The third kappa shape index (κ3) is 3.19. The predicted molar refractivity (Wildman–Crippen MR) is 93.2 cm³/mol. The summed E-state index contributed by atoms with van der Waals surface area (Å²) in [5.74, 6) is -3.11. The highest BCUT2D eigenvalue weighted by molar-refractivity contribution is 6.01. The maximum absolute atomic E-state index is 12.3. The van der Waals surface area contributed by atoms with Crippen molar-refractivity contribution in [1.82, 2.24) is 14.9 Å². The van der Waals surface area contributed by atoms with Gasteiger partial charge in [0.05, 0.1) is 5.52 Å². The van der Waals surface area contributed by atoms with E-state index in [-0.39, 0.29) is 5.52 Å². The molecule has 27 heavy (non-hydrogen) atoms. The number of ether oxygens (including phenoxy) is 1. The number of nitrogens with zero attached hydrogens (tertiary/aromatic N) is 1. The van der Waals surface area contributed by atoms with Crippen LogP contribution in [-0.2, 0) is 9.59 Å². The second kappa shape index (κ2) is 6.48. The molecular weight excluding hydrogens is 358 g/mol. The monoisotopic (exact) mass is 373 g/mol. The van der Waals surface area contributed by atoms with Crippen LogP contribution in [0.15, 0.2) is 23.0 Å². The van der Waals surface area contributed by atoms with E-state index in [1.54, 1.807) is 19.1 Å². The van der Waals surface area contributed by atoms with E-state index in [0.29, 0.717) is 22.2 Å². The van der Waals surface area contributed by atoms with Crippen LogP contribution in [0.2, 0.25) is 0 Å². The predicted octanol–water partition coefficient (Wildman–Crippen LogP) is 0.535. The molecule has 3 rings (SSSR count). The van der Waals surface area contributed by atoms with E-state index >= 15 is 0 Å². The van der Waals surface area contributed by atoms with Gasteiger partial charge in [0.2, 0.25) is 0 Å². The molecule has 140 valence electrons. The average Bonchev–Trinajstić information content (AvgIpc) is 2.90. The Hall–Kier alpha value is -3.82. The van der Waals surface area contributed by atoms with Crippen LogP contribution in [-0.4, -0.2) is 44.2 Å². The fourth-order valence-electron chi connectivity index (χ4n) is 2.76. The minimum atomic E-state index is -1.29. The number of carbonyl (C=O) groups excluding carboxylic acids is 2. The van der Waals surface area contributed by atoms with E-state index < -0.39 is 41.3 Å². The minimum absolute atomic E-state index is 0.129. The first-order chi connectivity index (χ1) is 12.7. The molecule has 2 aromatic heterocycles. The van der Waals surface area contributed by atoms with E-state index in [9.17, 15) is 24.3 Å². The van der Waals surface area contributed by atoms with Gasteiger partial charge in [-0.1, -0.05) is 0 Å². The summed E-state index contributed by atoms with van der Waals surface area (Å²) >= 11 is 0. The molecule has 3 aromatic rings. The number of nitrogens with one attached hydrogen (secondary N) is 2. The number of benzene rings is 1. The summed E-state index contributed by atoms with van der Waals surface area (Å²) in [6, 6.07) is 4.76. The smallest absolute Gasteiger partial charge is 0.322 e. The van der Waals surface area contributed by atoms with E-state index in [1.807, 2.05) is 5.32 Å². The number of rotatable bonds is 4. The Bertz CT molecular complexity index is 1170. The van der Waals surface area contributed by atoms with Gasteiger partial charge in [0.25, 0.3) is 11.5 Å². The minimum Gasteiger partial charge on any atom is -0.505 e. The summed E-state index contributed by atoms with van der Waals surface area (Å²) < 4.78 is 6.38. The number of aromatic hydroxyl groups is 1. The molecule has 0 saturated carbocycles. The molecule has 0 radical (unpaired) electrons. The zero-order valence-electron chi connectivity index (χ0n) is 14.3. The quantitative estimate of drug-likeness (QED) is 0.385. The summed E-state index contributed by atoms with van der Waals surface area (Å²) in [5, 5.41) is 24.1. The number of aryl methyl sites for hydroxylation is 1. The van der Waals surface area contributed by atoms with Crippen molar-refractivity contribution in [3.63, 3.8) is 0 Å². The number of hydrogen-bond donors (Lipinski definition) is 4. The van der Waals surface area contributed by atoms with Crippen molar-refractivity contribution >= 4 is 34.3 Å². The Morgan fingerprint density at radius 3 is 2.56 bits per heavy atom. The molecule has 1 aromatic carbocycles. The first-order valence-corrected chi connectivity index (χ1v) is 7.78. The highest BCUT2D eigenvalue weighted by Crippen LogP contribution is 2.31. The molecule has 0 aliphatic rings. The van der Waals surface area contributed by atoms with Crippen LogP contribution in [0.1, 0.15) is 22.8 Å². The standard InChI is InChI=1S/C17H15N3O7/c1-7-3-9-4-11-15(24)14(16(25)18-6-13(22)23)17(26)19-20(11)10(9)5-12(7)27-8(2)21/h3-5,24H,6H2,1-2H3,(H,18,25)(H,19,26)(H,22,23). The normalized spacial score (nSPS) is 10.9. The van der Waals surface area contributed by atoms with Gasteiger partial charge in [0.1, 0.15) is 23.4 Å². The maximum atomic E-state index is 12.3. The number of aromatic nitrogens is 2. The molecule has 1 amide bonds. The zero-order chi connectivity index (χ0) is 19.9. The number of carbonyl (C=O) groups is 3. The lowest BCUT2D eigenvalue weighted by atomic mass is 10.1. The Morgan fingerprint density at radius 2 is 1.93 bits per heavy atom. The molecule has 0 saturated heterocycles. The van der Waals surface area contributed by atoms with Gasteiger partial charge in [-0.2, -0.15) is 0 Å². The van der Waals surface area contributed by atoms with Crippen LogP contribution < -0.4 is 15.6 Å². The molecule has 0 fully saturated rings. The van der Waals surface area contributed by atoms with Crippen LogP contribution in [0.25, 0.3) is 16.4 Å². The summed E-state index contributed by atoms with van der Waals surface area (Å²) in [6.07, 6.45) is 0. The number of esters is 1. The fraction of sp³-hybridized carbons (Fsp3) is 0.176. The van der Waals surface area contributed by atoms with E-state index in [0.717, 1.165) is 0 Å².